The molecule has 16 heteroatoms. The molecule has 0 saturated carbocycles. The number of aryl methyl sites for hydroxylation is 1. The smallest absolute Gasteiger partial charge is 0.324 e. The molecule has 4 amide bonds. The first kappa shape index (κ1) is 47.2. The Bertz CT molecular complexity index is 2640. The second-order valence-corrected chi connectivity index (χ2v) is 20.7. The van der Waals surface area contributed by atoms with Crippen LogP contribution in [-0.2, 0) is 52.8 Å². The fourth-order valence-electron chi connectivity index (χ4n) is 11.1. The number of aromatic hydroxyl groups is 1. The highest BCUT2D eigenvalue weighted by Crippen LogP contribution is 2.44. The molecular formula is C52H66N8O8. The van der Waals surface area contributed by atoms with Crippen LogP contribution in [0.2, 0.25) is 0 Å². The number of methoxy groups -OCH3 is 1. The van der Waals surface area contributed by atoms with Gasteiger partial charge in [0.25, 0.3) is 5.91 Å². The van der Waals surface area contributed by atoms with Crippen LogP contribution in [0.1, 0.15) is 90.2 Å². The van der Waals surface area contributed by atoms with E-state index in [2.05, 4.69) is 59.6 Å². The van der Waals surface area contributed by atoms with Crippen molar-refractivity contribution in [3.63, 3.8) is 0 Å². The molecule has 4 fully saturated rings. The molecule has 1 spiro atoms. The van der Waals surface area contributed by atoms with Crippen molar-refractivity contribution in [3.05, 3.63) is 71.5 Å². The summed E-state index contributed by atoms with van der Waals surface area (Å²) in [6.07, 6.45) is 4.08. The zero-order valence-corrected chi connectivity index (χ0v) is 40.4. The number of phenolic OH excluding ortho intramolecular Hbond substituents is 1. The van der Waals surface area contributed by atoms with Crippen molar-refractivity contribution in [2.75, 3.05) is 46.4 Å². The summed E-state index contributed by atoms with van der Waals surface area (Å²) in [5.41, 5.74) is 8.87. The van der Waals surface area contributed by atoms with Crippen LogP contribution in [0, 0.1) is 16.7 Å². The Balaban J connectivity index is 1.10. The van der Waals surface area contributed by atoms with Crippen LogP contribution in [0.15, 0.2) is 54.7 Å². The summed E-state index contributed by atoms with van der Waals surface area (Å²) in [5.74, 6) is -1.84. The average Bonchev–Trinajstić information content (AvgIpc) is 3.92. The molecule has 362 valence electrons. The highest BCUT2D eigenvalue weighted by Gasteiger charge is 2.55. The van der Waals surface area contributed by atoms with E-state index in [9.17, 15) is 29.1 Å². The molecule has 7 heterocycles. The number of likely N-dealkylation sites (tertiary alicyclic amines) is 2. The van der Waals surface area contributed by atoms with Crippen LogP contribution in [0.25, 0.3) is 33.3 Å². The van der Waals surface area contributed by atoms with Crippen LogP contribution in [0.5, 0.6) is 5.75 Å². The number of carbonyl (C=O) groups excluding carboxylic acids is 5. The number of carbonyl (C=O) groups is 5. The number of cyclic esters (lactones) is 1. The maximum Gasteiger partial charge on any atom is 0.324 e. The Kier molecular flexibility index (Phi) is 12.9. The van der Waals surface area contributed by atoms with E-state index < -0.39 is 46.7 Å². The van der Waals surface area contributed by atoms with Gasteiger partial charge in [-0.1, -0.05) is 39.8 Å². The number of hydrazine groups is 1. The summed E-state index contributed by atoms with van der Waals surface area (Å²) in [6, 6.07) is 12.5. The Morgan fingerprint density at radius 3 is 2.54 bits per heavy atom. The van der Waals surface area contributed by atoms with Crippen LogP contribution in [0.4, 0.5) is 0 Å². The van der Waals surface area contributed by atoms with Crippen molar-refractivity contribution in [2.45, 2.75) is 117 Å². The van der Waals surface area contributed by atoms with E-state index in [1.165, 1.54) is 5.01 Å². The monoisotopic (exact) mass is 931 g/mol. The number of nitrogens with one attached hydrogen (secondary N) is 3. The number of benzene rings is 2. The second kappa shape index (κ2) is 18.6. The number of esters is 1. The Morgan fingerprint density at radius 1 is 1.03 bits per heavy atom. The van der Waals surface area contributed by atoms with Crippen molar-refractivity contribution in [1.29, 1.82) is 0 Å². The van der Waals surface area contributed by atoms with E-state index in [-0.39, 0.29) is 55.2 Å². The number of phenols is 1. The number of pyridine rings is 1. The van der Waals surface area contributed by atoms with Gasteiger partial charge in [0.05, 0.1) is 35.6 Å². The van der Waals surface area contributed by atoms with Crippen molar-refractivity contribution < 1.29 is 38.6 Å². The molecule has 5 aliphatic rings. The van der Waals surface area contributed by atoms with Crippen LogP contribution >= 0.6 is 0 Å². The molecule has 4 aromatic rings. The molecule has 0 radical (unpaired) electrons. The van der Waals surface area contributed by atoms with Crippen LogP contribution in [0.3, 0.4) is 0 Å². The number of nitrogens with zero attached hydrogens (tertiary/aromatic N) is 5. The van der Waals surface area contributed by atoms with E-state index >= 15 is 0 Å². The Morgan fingerprint density at radius 2 is 1.81 bits per heavy atom. The molecule has 6 atom stereocenters. The molecule has 4 saturated heterocycles. The first-order valence-corrected chi connectivity index (χ1v) is 24.4. The van der Waals surface area contributed by atoms with E-state index in [4.69, 9.17) is 14.5 Å². The number of rotatable bonds is 9. The van der Waals surface area contributed by atoms with Gasteiger partial charge in [0, 0.05) is 80.9 Å². The Hall–Kier alpha value is -5.84. The molecule has 16 nitrogen and oxygen atoms in total. The normalized spacial score (nSPS) is 24.9. The first-order chi connectivity index (χ1) is 32.5. The predicted octanol–water partition coefficient (Wildman–Crippen LogP) is 4.90. The molecular weight excluding hydrogens is 865 g/mol. The third kappa shape index (κ3) is 8.98. The van der Waals surface area contributed by atoms with E-state index in [1.54, 1.807) is 35.2 Å². The predicted molar refractivity (Wildman–Crippen MR) is 256 cm³/mol. The van der Waals surface area contributed by atoms with Gasteiger partial charge in [-0.25, -0.2) is 5.43 Å². The average molecular weight is 931 g/mol. The summed E-state index contributed by atoms with van der Waals surface area (Å²) < 4.78 is 14.2. The summed E-state index contributed by atoms with van der Waals surface area (Å²) in [7, 11) is 1.68. The van der Waals surface area contributed by atoms with E-state index in [1.807, 2.05) is 39.0 Å². The SMILES string of the molecule is CCn1c(-c2cccnc2[C@H](C)OC)c2c3cc(ccc31)-c1cc(O)cc(c1)C[C@H](NC(=O)[C@H](C(C)C)N1CCC3(CCN(C(=O)[C@H]4CN4)C3)C1=O)C(=O)N1CCC[C@H](N1)C(=O)OCC(C)(C)C2. The largest absolute Gasteiger partial charge is 0.508 e. The summed E-state index contributed by atoms with van der Waals surface area (Å²) in [5, 5.41) is 19.9. The fraction of sp³-hybridized carbons (Fsp3) is 0.538. The van der Waals surface area contributed by atoms with Gasteiger partial charge in [-0.3, -0.25) is 34.0 Å². The number of hydrogen-bond acceptors (Lipinski definition) is 11. The van der Waals surface area contributed by atoms with Gasteiger partial charge in [-0.15, -0.1) is 0 Å². The topological polar surface area (TPSA) is 198 Å². The molecule has 1 unspecified atom stereocenters. The highest BCUT2D eigenvalue weighted by atomic mass is 16.5. The first-order valence-electron chi connectivity index (χ1n) is 24.4. The van der Waals surface area contributed by atoms with Crippen LogP contribution < -0.4 is 16.1 Å². The number of ether oxygens (including phenoxy) is 2. The lowest BCUT2D eigenvalue weighted by atomic mass is 9.84. The lowest BCUT2D eigenvalue weighted by Gasteiger charge is -2.37. The van der Waals surface area contributed by atoms with Gasteiger partial charge in [0.2, 0.25) is 17.7 Å². The summed E-state index contributed by atoms with van der Waals surface area (Å²) in [4.78, 5) is 79.1. The van der Waals surface area contributed by atoms with E-state index in [0.717, 1.165) is 44.5 Å². The lowest BCUT2D eigenvalue weighted by molar-refractivity contribution is -0.155. The van der Waals surface area contributed by atoms with Gasteiger partial charge in [-0.2, -0.15) is 0 Å². The van der Waals surface area contributed by atoms with Crippen molar-refractivity contribution >= 4 is 40.5 Å². The maximum absolute atomic E-state index is 14.8. The Labute approximate surface area is 398 Å². The minimum atomic E-state index is -1.14. The number of aromatic nitrogens is 2. The fourth-order valence-corrected chi connectivity index (χ4v) is 11.1. The summed E-state index contributed by atoms with van der Waals surface area (Å²) >= 11 is 0. The van der Waals surface area contributed by atoms with Gasteiger partial charge >= 0.3 is 5.97 Å². The van der Waals surface area contributed by atoms with Crippen molar-refractivity contribution in [3.8, 4) is 28.1 Å². The molecule has 2 aromatic carbocycles. The van der Waals surface area contributed by atoms with E-state index in [0.29, 0.717) is 70.4 Å². The number of fused-ring (bicyclic) bond motifs is 6. The zero-order chi connectivity index (χ0) is 48.2. The minimum absolute atomic E-state index is 0.000244. The third-order valence-corrected chi connectivity index (χ3v) is 14.8. The third-order valence-electron chi connectivity index (χ3n) is 14.8. The lowest BCUT2D eigenvalue weighted by Crippen LogP contribution is -2.62. The molecule has 5 aliphatic heterocycles. The molecule has 2 aromatic heterocycles. The second-order valence-electron chi connectivity index (χ2n) is 20.7. The van der Waals surface area contributed by atoms with Crippen molar-refractivity contribution in [1.82, 2.24) is 40.4 Å². The summed E-state index contributed by atoms with van der Waals surface area (Å²) in [6.45, 7) is 14.9. The maximum atomic E-state index is 14.8. The van der Waals surface area contributed by atoms with Gasteiger partial charge in [0.15, 0.2) is 0 Å². The van der Waals surface area contributed by atoms with Gasteiger partial charge < -0.3 is 39.6 Å². The highest BCUT2D eigenvalue weighted by molar-refractivity contribution is 5.97. The molecule has 9 rings (SSSR count). The number of hydrogen-bond donors (Lipinski definition) is 4. The van der Waals surface area contributed by atoms with Crippen LogP contribution in [-0.4, -0.2) is 130 Å². The molecule has 6 bridgehead atoms. The van der Waals surface area contributed by atoms with Gasteiger partial charge in [0.1, 0.15) is 23.9 Å². The molecule has 0 aliphatic carbocycles. The van der Waals surface area contributed by atoms with Crippen molar-refractivity contribution in [2.24, 2.45) is 16.7 Å². The zero-order valence-electron chi connectivity index (χ0n) is 40.4. The number of amides is 4. The molecule has 4 N–H and O–H groups in total. The van der Waals surface area contributed by atoms with Gasteiger partial charge in [-0.05, 0) is 111 Å². The molecule has 68 heavy (non-hydrogen) atoms. The quantitative estimate of drug-likeness (QED) is 0.132. The standard InChI is InChI=1S/C52H66N8O8/c1-8-58-42-14-13-33-25-37(42)38(45(58)36-11-9-17-53-43(36)31(4)67-7)26-51(5,6)29-68-49(65)39-12-10-18-60(56-39)48(64)40(23-32-21-34(33)24-35(61)22-32)55-46(62)44(30(2)3)59-20-16-52(50(59)66)15-19-57(28-52)47(63)41-27-54-41/h9,11,13-14,17,21-22,24-25,30-31,39-41,44,54,56,61H,8,10,12,15-16,18-20,23,26-29H2,1-7H3,(H,55,62)/t31-,39-,40-,41+,44-,52?/m0/s1. The minimum Gasteiger partial charge on any atom is -0.508 e.